The van der Waals surface area contributed by atoms with E-state index in [0.717, 1.165) is 11.8 Å². The first-order valence-electron chi connectivity index (χ1n) is 6.06. The molecule has 0 spiro atoms. The number of carbonyl (C=O) groups excluding carboxylic acids is 1. The van der Waals surface area contributed by atoms with Gasteiger partial charge in [-0.15, -0.1) is 11.3 Å². The van der Waals surface area contributed by atoms with E-state index < -0.39 is 5.97 Å². The molecule has 108 valence electrons. The minimum absolute atomic E-state index is 0.211. The Morgan fingerprint density at radius 3 is 2.76 bits per heavy atom. The molecule has 2 heterocycles. The van der Waals surface area contributed by atoms with E-state index in [2.05, 4.69) is 9.97 Å². The number of carbonyl (C=O) groups is 2. The van der Waals surface area contributed by atoms with Crippen LogP contribution in [-0.4, -0.2) is 38.9 Å². The van der Waals surface area contributed by atoms with Crippen molar-refractivity contribution in [1.82, 2.24) is 14.9 Å². The predicted molar refractivity (Wildman–Crippen MR) is 78.8 cm³/mol. The van der Waals surface area contributed by atoms with Crippen LogP contribution in [0.25, 0.3) is 6.08 Å². The zero-order valence-corrected chi connectivity index (χ0v) is 12.1. The molecule has 0 aliphatic carbocycles. The highest BCUT2D eigenvalue weighted by atomic mass is 32.1. The molecular weight excluding hydrogens is 290 g/mol. The van der Waals surface area contributed by atoms with Crippen molar-refractivity contribution >= 4 is 29.3 Å². The van der Waals surface area contributed by atoms with E-state index in [0.29, 0.717) is 17.8 Å². The molecule has 1 amide bonds. The summed E-state index contributed by atoms with van der Waals surface area (Å²) in [5.74, 6) is -1.24. The van der Waals surface area contributed by atoms with Crippen molar-refractivity contribution in [3.63, 3.8) is 0 Å². The minimum atomic E-state index is -1.03. The van der Waals surface area contributed by atoms with Crippen LogP contribution in [0, 0.1) is 0 Å². The van der Waals surface area contributed by atoms with E-state index >= 15 is 0 Å². The molecule has 21 heavy (non-hydrogen) atoms. The number of rotatable bonds is 5. The lowest BCUT2D eigenvalue weighted by atomic mass is 10.2. The zero-order valence-electron chi connectivity index (χ0n) is 11.3. The van der Waals surface area contributed by atoms with Gasteiger partial charge in [-0.2, -0.15) is 0 Å². The summed E-state index contributed by atoms with van der Waals surface area (Å²) in [4.78, 5) is 32.3. The average Bonchev–Trinajstić information content (AvgIpc) is 2.97. The summed E-state index contributed by atoms with van der Waals surface area (Å²) in [6.07, 6.45) is 3.90. The largest absolute Gasteiger partial charge is 0.478 e. The zero-order chi connectivity index (χ0) is 15.2. The van der Waals surface area contributed by atoms with E-state index in [4.69, 9.17) is 5.11 Å². The van der Waals surface area contributed by atoms with Gasteiger partial charge in [-0.25, -0.2) is 9.78 Å². The van der Waals surface area contributed by atoms with Gasteiger partial charge in [-0.05, 0) is 17.7 Å². The standard InChI is InChI=1S/C14H13N3O3S/c1-17(7-11-8-21-9-16-11)14(20)12-4-2-10(6-15-12)3-5-13(18)19/h2-6,8-9H,7H2,1H3,(H,18,19). The Bertz CT molecular complexity index is 651. The van der Waals surface area contributed by atoms with Crippen LogP contribution in [0.5, 0.6) is 0 Å². The molecule has 0 aromatic carbocycles. The van der Waals surface area contributed by atoms with E-state index in [9.17, 15) is 9.59 Å². The molecule has 0 fully saturated rings. The SMILES string of the molecule is CN(Cc1cscn1)C(=O)c1ccc(C=CC(=O)O)cn1. The summed E-state index contributed by atoms with van der Waals surface area (Å²) >= 11 is 1.48. The van der Waals surface area contributed by atoms with Crippen molar-refractivity contribution in [2.75, 3.05) is 7.05 Å². The van der Waals surface area contributed by atoms with Gasteiger partial charge < -0.3 is 10.0 Å². The first-order chi connectivity index (χ1) is 10.1. The molecule has 6 nitrogen and oxygen atoms in total. The van der Waals surface area contributed by atoms with Gasteiger partial charge in [-0.1, -0.05) is 6.07 Å². The van der Waals surface area contributed by atoms with Crippen molar-refractivity contribution in [3.05, 3.63) is 52.2 Å². The molecule has 2 aromatic heterocycles. The predicted octanol–water partition coefficient (Wildman–Crippen LogP) is 1.91. The number of hydrogen-bond donors (Lipinski definition) is 1. The van der Waals surface area contributed by atoms with Gasteiger partial charge >= 0.3 is 5.97 Å². The van der Waals surface area contributed by atoms with Crippen LogP contribution in [0.4, 0.5) is 0 Å². The highest BCUT2D eigenvalue weighted by Gasteiger charge is 2.13. The molecule has 2 rings (SSSR count). The molecule has 0 bridgehead atoms. The van der Waals surface area contributed by atoms with Gasteiger partial charge in [0.05, 0.1) is 17.7 Å². The first-order valence-corrected chi connectivity index (χ1v) is 7.00. The van der Waals surface area contributed by atoms with Crippen LogP contribution < -0.4 is 0 Å². The third-order valence-corrected chi connectivity index (χ3v) is 3.29. The van der Waals surface area contributed by atoms with Crippen LogP contribution in [0.2, 0.25) is 0 Å². The number of thiazole rings is 1. The summed E-state index contributed by atoms with van der Waals surface area (Å²) in [5.41, 5.74) is 3.48. The Labute approximate surface area is 125 Å². The number of nitrogens with zero attached hydrogens (tertiary/aromatic N) is 3. The van der Waals surface area contributed by atoms with Gasteiger partial charge in [0, 0.05) is 24.7 Å². The normalized spacial score (nSPS) is 10.7. The Morgan fingerprint density at radius 1 is 1.38 bits per heavy atom. The maximum atomic E-state index is 12.2. The second kappa shape index (κ2) is 6.76. The highest BCUT2D eigenvalue weighted by Crippen LogP contribution is 2.09. The van der Waals surface area contributed by atoms with Crippen LogP contribution in [0.15, 0.2) is 35.3 Å². The number of amides is 1. The maximum Gasteiger partial charge on any atom is 0.328 e. The molecule has 0 aliphatic heterocycles. The number of hydrogen-bond acceptors (Lipinski definition) is 5. The third kappa shape index (κ3) is 4.22. The second-order valence-electron chi connectivity index (χ2n) is 4.29. The Balaban J connectivity index is 2.03. The molecule has 7 heteroatoms. The Kier molecular flexibility index (Phi) is 4.78. The van der Waals surface area contributed by atoms with E-state index in [-0.39, 0.29) is 5.91 Å². The lowest BCUT2D eigenvalue weighted by molar-refractivity contribution is -0.131. The lowest BCUT2D eigenvalue weighted by Crippen LogP contribution is -2.27. The minimum Gasteiger partial charge on any atom is -0.478 e. The molecule has 0 saturated heterocycles. The van der Waals surface area contributed by atoms with E-state index in [1.165, 1.54) is 28.5 Å². The maximum absolute atomic E-state index is 12.2. The Hall–Kier alpha value is -2.54. The summed E-state index contributed by atoms with van der Waals surface area (Å²) in [7, 11) is 1.68. The molecule has 1 N–H and O–H groups in total. The number of aromatic nitrogens is 2. The topological polar surface area (TPSA) is 83.4 Å². The van der Waals surface area contributed by atoms with E-state index in [1.54, 1.807) is 24.7 Å². The van der Waals surface area contributed by atoms with Crippen molar-refractivity contribution in [2.45, 2.75) is 6.54 Å². The molecule has 0 saturated carbocycles. The monoisotopic (exact) mass is 303 g/mol. The van der Waals surface area contributed by atoms with Gasteiger partial charge in [-0.3, -0.25) is 9.78 Å². The fourth-order valence-electron chi connectivity index (χ4n) is 1.62. The molecule has 0 atom stereocenters. The van der Waals surface area contributed by atoms with Crippen molar-refractivity contribution < 1.29 is 14.7 Å². The summed E-state index contributed by atoms with van der Waals surface area (Å²) in [6, 6.07) is 3.22. The second-order valence-corrected chi connectivity index (χ2v) is 5.01. The van der Waals surface area contributed by atoms with E-state index in [1.807, 2.05) is 5.38 Å². The number of pyridine rings is 1. The van der Waals surface area contributed by atoms with Gasteiger partial charge in [0.15, 0.2) is 0 Å². The highest BCUT2D eigenvalue weighted by molar-refractivity contribution is 7.07. The summed E-state index contributed by atoms with van der Waals surface area (Å²) < 4.78 is 0. The smallest absolute Gasteiger partial charge is 0.328 e. The summed E-state index contributed by atoms with van der Waals surface area (Å²) in [6.45, 7) is 0.421. The van der Waals surface area contributed by atoms with Gasteiger partial charge in [0.1, 0.15) is 5.69 Å². The summed E-state index contributed by atoms with van der Waals surface area (Å²) in [5, 5.41) is 10.4. The van der Waals surface area contributed by atoms with Crippen molar-refractivity contribution in [1.29, 1.82) is 0 Å². The first kappa shape index (κ1) is 14.9. The molecule has 0 unspecified atom stereocenters. The molecule has 0 aliphatic rings. The molecule has 0 radical (unpaired) electrons. The number of carboxylic acids is 1. The van der Waals surface area contributed by atoms with Crippen LogP contribution in [0.1, 0.15) is 21.7 Å². The molecular formula is C14H13N3O3S. The fourth-order valence-corrected chi connectivity index (χ4v) is 2.17. The lowest BCUT2D eigenvalue weighted by Gasteiger charge is -2.15. The van der Waals surface area contributed by atoms with Crippen LogP contribution in [0.3, 0.4) is 0 Å². The average molecular weight is 303 g/mol. The third-order valence-electron chi connectivity index (χ3n) is 2.65. The number of aliphatic carboxylic acids is 1. The fraction of sp³-hybridized carbons (Fsp3) is 0.143. The van der Waals surface area contributed by atoms with Crippen molar-refractivity contribution in [3.8, 4) is 0 Å². The van der Waals surface area contributed by atoms with Gasteiger partial charge in [0.2, 0.25) is 0 Å². The van der Waals surface area contributed by atoms with Crippen LogP contribution >= 0.6 is 11.3 Å². The van der Waals surface area contributed by atoms with Crippen molar-refractivity contribution in [2.24, 2.45) is 0 Å². The quantitative estimate of drug-likeness (QED) is 0.853. The number of carboxylic acid groups (broad SMARTS) is 1. The Morgan fingerprint density at radius 2 is 2.19 bits per heavy atom. The molecule has 2 aromatic rings. The van der Waals surface area contributed by atoms with Crippen LogP contribution in [-0.2, 0) is 11.3 Å². The van der Waals surface area contributed by atoms with Gasteiger partial charge in [0.25, 0.3) is 5.91 Å².